The highest BCUT2D eigenvalue weighted by atomic mass is 19.4. The summed E-state index contributed by atoms with van der Waals surface area (Å²) in [4.78, 5) is 15.1. The van der Waals surface area contributed by atoms with Gasteiger partial charge in [0.25, 0.3) is 0 Å². The van der Waals surface area contributed by atoms with Gasteiger partial charge in [0.1, 0.15) is 5.76 Å². The van der Waals surface area contributed by atoms with Crippen molar-refractivity contribution in [2.75, 3.05) is 7.11 Å². The Balaban J connectivity index is 1.59. The number of alkyl halides is 3. The first-order valence-electron chi connectivity index (χ1n) is 14.1. The second kappa shape index (κ2) is 12.1. The molecule has 0 amide bonds. The molecule has 4 nitrogen and oxygen atoms in total. The highest BCUT2D eigenvalue weighted by molar-refractivity contribution is 5.87. The largest absolute Gasteiger partial charge is 0.468 e. The van der Waals surface area contributed by atoms with Crippen LogP contribution in [-0.2, 0) is 40.8 Å². The SMILES string of the molecule is COC(=O)C(C)(C)c1cc(-c2ccccc2)ccc1CN(Cc1ccc(C(F)(F)F)o1)Cc1c(C)ccc2ccccc12. The van der Waals surface area contributed by atoms with E-state index in [0.717, 1.165) is 50.2 Å². The lowest BCUT2D eigenvalue weighted by atomic mass is 9.80. The zero-order valence-corrected chi connectivity index (χ0v) is 24.7. The molecule has 0 fully saturated rings. The topological polar surface area (TPSA) is 42.7 Å². The number of fused-ring (bicyclic) bond motifs is 1. The van der Waals surface area contributed by atoms with E-state index in [1.807, 2.05) is 87.5 Å². The molecule has 0 aliphatic rings. The van der Waals surface area contributed by atoms with Crippen LogP contribution >= 0.6 is 0 Å². The lowest BCUT2D eigenvalue weighted by Gasteiger charge is -2.29. The summed E-state index contributed by atoms with van der Waals surface area (Å²) < 4.78 is 50.6. The van der Waals surface area contributed by atoms with E-state index in [4.69, 9.17) is 9.15 Å². The summed E-state index contributed by atoms with van der Waals surface area (Å²) in [6.07, 6.45) is -4.57. The van der Waals surface area contributed by atoms with Gasteiger partial charge in [-0.25, -0.2) is 0 Å². The molecule has 0 spiro atoms. The molecule has 0 saturated carbocycles. The Morgan fingerprint density at radius 2 is 1.53 bits per heavy atom. The van der Waals surface area contributed by atoms with Crippen LogP contribution in [0.25, 0.3) is 21.9 Å². The number of hydrogen-bond donors (Lipinski definition) is 0. The van der Waals surface area contributed by atoms with E-state index in [0.29, 0.717) is 13.1 Å². The maximum absolute atomic E-state index is 13.4. The van der Waals surface area contributed by atoms with Crippen LogP contribution in [0.4, 0.5) is 13.2 Å². The third kappa shape index (κ3) is 6.52. The fourth-order valence-corrected chi connectivity index (χ4v) is 5.59. The maximum Gasteiger partial charge on any atom is 0.449 e. The van der Waals surface area contributed by atoms with Gasteiger partial charge in [-0.1, -0.05) is 78.9 Å². The first-order valence-corrected chi connectivity index (χ1v) is 14.1. The number of aryl methyl sites for hydroxylation is 1. The molecule has 5 aromatic rings. The van der Waals surface area contributed by atoms with Crippen LogP contribution in [0.1, 0.15) is 47.6 Å². The molecular weight excluding hydrogens is 551 g/mol. The fourth-order valence-electron chi connectivity index (χ4n) is 5.59. The molecule has 0 bridgehead atoms. The third-order valence-corrected chi connectivity index (χ3v) is 7.96. The second-order valence-corrected chi connectivity index (χ2v) is 11.3. The minimum Gasteiger partial charge on any atom is -0.468 e. The van der Waals surface area contributed by atoms with E-state index in [2.05, 4.69) is 23.1 Å². The van der Waals surface area contributed by atoms with Crippen LogP contribution in [0.2, 0.25) is 0 Å². The Morgan fingerprint density at radius 3 is 2.23 bits per heavy atom. The number of methoxy groups -OCH3 is 1. The molecule has 0 aliphatic heterocycles. The molecule has 1 heterocycles. The summed E-state index contributed by atoms with van der Waals surface area (Å²) in [6, 6.07) is 30.5. The van der Waals surface area contributed by atoms with Crippen molar-refractivity contribution in [1.82, 2.24) is 4.90 Å². The average Bonchev–Trinajstić information content (AvgIpc) is 3.48. The van der Waals surface area contributed by atoms with Crippen molar-refractivity contribution in [1.29, 1.82) is 0 Å². The number of furan rings is 1. The summed E-state index contributed by atoms with van der Waals surface area (Å²) >= 11 is 0. The predicted molar refractivity (Wildman–Crippen MR) is 162 cm³/mol. The molecule has 0 N–H and O–H groups in total. The van der Waals surface area contributed by atoms with Crippen molar-refractivity contribution < 1.29 is 27.1 Å². The van der Waals surface area contributed by atoms with Crippen molar-refractivity contribution in [2.45, 2.75) is 52.0 Å². The first-order chi connectivity index (χ1) is 20.5. The van der Waals surface area contributed by atoms with Crippen LogP contribution in [0.15, 0.2) is 101 Å². The number of nitrogens with zero attached hydrogens (tertiary/aromatic N) is 1. The predicted octanol–water partition coefficient (Wildman–Crippen LogP) is 9.08. The minimum absolute atomic E-state index is 0.136. The van der Waals surface area contributed by atoms with E-state index < -0.39 is 17.4 Å². The Morgan fingerprint density at radius 1 is 0.814 bits per heavy atom. The fraction of sp³-hybridized carbons (Fsp3) is 0.250. The van der Waals surface area contributed by atoms with Gasteiger partial charge in [0.05, 0.1) is 19.1 Å². The second-order valence-electron chi connectivity index (χ2n) is 11.3. The number of benzene rings is 4. The van der Waals surface area contributed by atoms with E-state index in [1.165, 1.54) is 13.2 Å². The summed E-state index contributed by atoms with van der Waals surface area (Å²) in [5.41, 5.74) is 4.79. The normalized spacial score (nSPS) is 12.2. The number of hydrogen-bond acceptors (Lipinski definition) is 4. The monoisotopic (exact) mass is 585 g/mol. The molecule has 0 unspecified atom stereocenters. The average molecular weight is 586 g/mol. The first kappa shape index (κ1) is 30.1. The van der Waals surface area contributed by atoms with E-state index >= 15 is 0 Å². The van der Waals surface area contributed by atoms with Gasteiger partial charge in [0.2, 0.25) is 5.76 Å². The number of ether oxygens (including phenoxy) is 1. The molecule has 5 rings (SSSR count). The molecule has 0 radical (unpaired) electrons. The van der Waals surface area contributed by atoms with Crippen molar-refractivity contribution in [3.8, 4) is 11.1 Å². The van der Waals surface area contributed by atoms with Gasteiger partial charge in [-0.15, -0.1) is 0 Å². The van der Waals surface area contributed by atoms with Crippen LogP contribution in [0.5, 0.6) is 0 Å². The maximum atomic E-state index is 13.4. The Labute approximate surface area is 249 Å². The molecule has 0 aliphatic carbocycles. The van der Waals surface area contributed by atoms with Crippen LogP contribution in [0, 0.1) is 6.92 Å². The number of carbonyl (C=O) groups is 1. The van der Waals surface area contributed by atoms with Gasteiger partial charge < -0.3 is 9.15 Å². The van der Waals surface area contributed by atoms with Gasteiger partial charge in [0.15, 0.2) is 0 Å². The Hall–Kier alpha value is -4.36. The summed E-state index contributed by atoms with van der Waals surface area (Å²) in [5.74, 6) is -1.19. The summed E-state index contributed by atoms with van der Waals surface area (Å²) in [7, 11) is 1.37. The quantitative estimate of drug-likeness (QED) is 0.162. The van der Waals surface area contributed by atoms with Crippen molar-refractivity contribution in [2.24, 2.45) is 0 Å². The van der Waals surface area contributed by atoms with Crippen molar-refractivity contribution in [3.63, 3.8) is 0 Å². The molecule has 4 aromatic carbocycles. The number of esters is 1. The zero-order chi connectivity index (χ0) is 30.8. The Kier molecular flexibility index (Phi) is 8.47. The van der Waals surface area contributed by atoms with Crippen LogP contribution in [-0.4, -0.2) is 18.0 Å². The molecule has 222 valence electrons. The smallest absolute Gasteiger partial charge is 0.449 e. The lowest BCUT2D eigenvalue weighted by molar-refractivity contribution is -0.153. The summed E-state index contributed by atoms with van der Waals surface area (Å²) in [5, 5.41) is 2.16. The van der Waals surface area contributed by atoms with E-state index in [-0.39, 0.29) is 18.3 Å². The van der Waals surface area contributed by atoms with E-state index in [9.17, 15) is 18.0 Å². The van der Waals surface area contributed by atoms with Crippen LogP contribution in [0.3, 0.4) is 0 Å². The van der Waals surface area contributed by atoms with Gasteiger partial charge >= 0.3 is 12.1 Å². The van der Waals surface area contributed by atoms with Crippen molar-refractivity contribution >= 4 is 16.7 Å². The number of halogens is 3. The lowest BCUT2D eigenvalue weighted by Crippen LogP contribution is -2.33. The minimum atomic E-state index is -4.57. The number of rotatable bonds is 9. The highest BCUT2D eigenvalue weighted by Crippen LogP contribution is 2.35. The molecule has 43 heavy (non-hydrogen) atoms. The zero-order valence-electron chi connectivity index (χ0n) is 24.7. The highest BCUT2D eigenvalue weighted by Gasteiger charge is 2.36. The van der Waals surface area contributed by atoms with Gasteiger partial charge in [-0.05, 0) is 83.1 Å². The molecule has 1 aromatic heterocycles. The molecular formula is C36H34F3NO3. The van der Waals surface area contributed by atoms with E-state index in [1.54, 1.807) is 0 Å². The van der Waals surface area contributed by atoms with Gasteiger partial charge in [-0.2, -0.15) is 13.2 Å². The number of carbonyl (C=O) groups excluding carboxylic acids is 1. The Bertz CT molecular complexity index is 1740. The molecule has 0 saturated heterocycles. The third-order valence-electron chi connectivity index (χ3n) is 7.96. The van der Waals surface area contributed by atoms with Gasteiger partial charge in [-0.3, -0.25) is 9.69 Å². The standard InChI is InChI=1S/C36H34F3NO3/c1-24-14-15-26-12-8-9-13-30(26)31(24)23-40(22-29-18-19-33(43-29)36(37,38)39)21-28-17-16-27(25-10-6-5-7-11-25)20-32(28)35(2,3)34(41)42-4/h5-20H,21-23H2,1-4H3. The van der Waals surface area contributed by atoms with Crippen LogP contribution < -0.4 is 0 Å². The summed E-state index contributed by atoms with van der Waals surface area (Å²) in [6.45, 7) is 6.64. The molecule has 7 heteroatoms. The van der Waals surface area contributed by atoms with Gasteiger partial charge in [0, 0.05) is 13.1 Å². The molecule has 0 atom stereocenters. The van der Waals surface area contributed by atoms with Crippen molar-refractivity contribution in [3.05, 3.63) is 131 Å².